The highest BCUT2D eigenvalue weighted by Crippen LogP contribution is 2.59. The number of nitrogens with zero attached hydrogens (tertiary/aromatic N) is 1. The number of hydrogen-bond donors (Lipinski definition) is 1. The Morgan fingerprint density at radius 3 is 2.48 bits per heavy atom. The number of likely N-dealkylation sites (tertiary alicyclic amines) is 1. The summed E-state index contributed by atoms with van der Waals surface area (Å²) < 4.78 is 0. The fraction of sp³-hybridized carbons (Fsp3) is 0.529. The average Bonchev–Trinajstić information content (AvgIpc) is 3.24. The van der Waals surface area contributed by atoms with E-state index in [0.29, 0.717) is 24.5 Å². The van der Waals surface area contributed by atoms with Crippen molar-refractivity contribution in [1.82, 2.24) is 4.90 Å². The van der Waals surface area contributed by atoms with Crippen LogP contribution in [0.25, 0.3) is 0 Å². The van der Waals surface area contributed by atoms with Gasteiger partial charge in [-0.2, -0.15) is 0 Å². The standard InChI is InChI=1S/C17H20ClNO3S/c18-12-1-3-13(4-2-12)23-10-5-15(20)19-8-6-17(7-9-19)11-14(17)16(21)22/h1-4,14H,5-11H2,(H,21,22). The molecule has 1 aromatic rings. The van der Waals surface area contributed by atoms with Crippen LogP contribution in [0, 0.1) is 11.3 Å². The van der Waals surface area contributed by atoms with Crippen LogP contribution in [0.3, 0.4) is 0 Å². The molecule has 1 aromatic carbocycles. The van der Waals surface area contributed by atoms with E-state index in [0.717, 1.165) is 29.9 Å². The van der Waals surface area contributed by atoms with Crippen molar-refractivity contribution in [2.45, 2.75) is 30.6 Å². The van der Waals surface area contributed by atoms with Crippen molar-refractivity contribution in [3.63, 3.8) is 0 Å². The van der Waals surface area contributed by atoms with E-state index >= 15 is 0 Å². The molecule has 1 amide bonds. The number of thioether (sulfide) groups is 1. The molecule has 1 aliphatic carbocycles. The minimum atomic E-state index is -0.677. The predicted octanol–water partition coefficient (Wildman–Crippen LogP) is 3.54. The maximum absolute atomic E-state index is 12.3. The summed E-state index contributed by atoms with van der Waals surface area (Å²) in [6.07, 6.45) is 2.97. The van der Waals surface area contributed by atoms with Gasteiger partial charge in [0.2, 0.25) is 5.91 Å². The molecule has 1 saturated heterocycles. The molecule has 0 aromatic heterocycles. The Morgan fingerprint density at radius 1 is 1.26 bits per heavy atom. The van der Waals surface area contributed by atoms with Gasteiger partial charge in [-0.1, -0.05) is 11.6 Å². The maximum atomic E-state index is 12.3. The van der Waals surface area contributed by atoms with Gasteiger partial charge in [-0.25, -0.2) is 0 Å². The van der Waals surface area contributed by atoms with Crippen molar-refractivity contribution in [3.05, 3.63) is 29.3 Å². The highest BCUT2D eigenvalue weighted by Gasteiger charge is 2.59. The maximum Gasteiger partial charge on any atom is 0.307 e. The Kier molecular flexibility index (Phi) is 4.87. The van der Waals surface area contributed by atoms with Crippen molar-refractivity contribution >= 4 is 35.2 Å². The second kappa shape index (κ2) is 6.73. The summed E-state index contributed by atoms with van der Waals surface area (Å²) in [7, 11) is 0. The summed E-state index contributed by atoms with van der Waals surface area (Å²) in [4.78, 5) is 26.3. The van der Waals surface area contributed by atoms with Crippen LogP contribution < -0.4 is 0 Å². The normalized spacial score (nSPS) is 22.1. The molecule has 1 heterocycles. The van der Waals surface area contributed by atoms with Gasteiger partial charge in [0.1, 0.15) is 0 Å². The Balaban J connectivity index is 1.40. The summed E-state index contributed by atoms with van der Waals surface area (Å²) in [6.45, 7) is 1.41. The number of carboxylic acids is 1. The molecule has 1 atom stereocenters. The minimum Gasteiger partial charge on any atom is -0.481 e. The Hall–Kier alpha value is -1.20. The number of benzene rings is 1. The van der Waals surface area contributed by atoms with Gasteiger partial charge in [0.05, 0.1) is 5.92 Å². The number of hydrogen-bond acceptors (Lipinski definition) is 3. The zero-order chi connectivity index (χ0) is 16.4. The number of carboxylic acid groups (broad SMARTS) is 1. The lowest BCUT2D eigenvalue weighted by atomic mass is 9.90. The van der Waals surface area contributed by atoms with Gasteiger partial charge in [0.25, 0.3) is 0 Å². The van der Waals surface area contributed by atoms with E-state index in [9.17, 15) is 9.59 Å². The fourth-order valence-corrected chi connectivity index (χ4v) is 4.36. The first-order valence-corrected chi connectivity index (χ1v) is 9.25. The number of carbonyl (C=O) groups excluding carboxylic acids is 1. The van der Waals surface area contributed by atoms with E-state index in [2.05, 4.69) is 0 Å². The molecule has 4 nitrogen and oxygen atoms in total. The summed E-state index contributed by atoms with van der Waals surface area (Å²) >= 11 is 7.50. The fourth-order valence-electron chi connectivity index (χ4n) is 3.40. The lowest BCUT2D eigenvalue weighted by molar-refractivity contribution is -0.139. The van der Waals surface area contributed by atoms with E-state index in [4.69, 9.17) is 16.7 Å². The Labute approximate surface area is 145 Å². The third-order valence-corrected chi connectivity index (χ3v) is 6.26. The van der Waals surface area contributed by atoms with Crippen LogP contribution >= 0.6 is 23.4 Å². The number of amides is 1. The van der Waals surface area contributed by atoms with E-state index in [1.54, 1.807) is 11.8 Å². The van der Waals surface area contributed by atoms with Crippen LogP contribution in [0.15, 0.2) is 29.2 Å². The number of carbonyl (C=O) groups is 2. The second-order valence-electron chi connectivity index (χ2n) is 6.39. The van der Waals surface area contributed by atoms with Crippen LogP contribution in [0.4, 0.5) is 0 Å². The first kappa shape index (κ1) is 16.7. The predicted molar refractivity (Wildman–Crippen MR) is 90.8 cm³/mol. The lowest BCUT2D eigenvalue weighted by Gasteiger charge is -2.32. The molecular formula is C17H20ClNO3S. The van der Waals surface area contributed by atoms with Gasteiger partial charge >= 0.3 is 5.97 Å². The van der Waals surface area contributed by atoms with Crippen molar-refractivity contribution in [2.24, 2.45) is 11.3 Å². The number of aliphatic carboxylic acids is 1. The molecule has 2 aliphatic rings. The molecule has 3 rings (SSSR count). The monoisotopic (exact) mass is 353 g/mol. The molecule has 124 valence electrons. The molecule has 2 fully saturated rings. The van der Waals surface area contributed by atoms with Gasteiger partial charge in [0, 0.05) is 35.2 Å². The van der Waals surface area contributed by atoms with Crippen LogP contribution in [0.5, 0.6) is 0 Å². The molecule has 1 aliphatic heterocycles. The van der Waals surface area contributed by atoms with Crippen molar-refractivity contribution < 1.29 is 14.7 Å². The van der Waals surface area contributed by atoms with E-state index in [1.807, 2.05) is 29.2 Å². The highest BCUT2D eigenvalue weighted by molar-refractivity contribution is 7.99. The third-order valence-electron chi connectivity index (χ3n) is 5.00. The van der Waals surface area contributed by atoms with Crippen molar-refractivity contribution in [1.29, 1.82) is 0 Å². The molecule has 1 N–H and O–H groups in total. The zero-order valence-electron chi connectivity index (χ0n) is 12.8. The molecule has 23 heavy (non-hydrogen) atoms. The minimum absolute atomic E-state index is 0.0132. The summed E-state index contributed by atoms with van der Waals surface area (Å²) in [5.74, 6) is 0.0676. The van der Waals surface area contributed by atoms with E-state index < -0.39 is 5.97 Å². The number of rotatable bonds is 5. The third kappa shape index (κ3) is 3.83. The lowest BCUT2D eigenvalue weighted by Crippen LogP contribution is -2.40. The van der Waals surface area contributed by atoms with Crippen LogP contribution in [0.1, 0.15) is 25.7 Å². The largest absolute Gasteiger partial charge is 0.481 e. The quantitative estimate of drug-likeness (QED) is 0.823. The Bertz CT molecular complexity index is 596. The van der Waals surface area contributed by atoms with Gasteiger partial charge in [0.15, 0.2) is 0 Å². The topological polar surface area (TPSA) is 57.6 Å². The Morgan fingerprint density at radius 2 is 1.91 bits per heavy atom. The van der Waals surface area contributed by atoms with E-state index in [-0.39, 0.29) is 17.2 Å². The first-order chi connectivity index (χ1) is 11.0. The summed E-state index contributed by atoms with van der Waals surface area (Å²) in [6, 6.07) is 7.62. The van der Waals surface area contributed by atoms with Gasteiger partial charge < -0.3 is 10.0 Å². The average molecular weight is 354 g/mol. The summed E-state index contributed by atoms with van der Waals surface area (Å²) in [5.41, 5.74) is -0.0132. The zero-order valence-corrected chi connectivity index (χ0v) is 14.4. The summed E-state index contributed by atoms with van der Waals surface area (Å²) in [5, 5.41) is 9.81. The molecule has 0 bridgehead atoms. The highest BCUT2D eigenvalue weighted by atomic mass is 35.5. The van der Waals surface area contributed by atoms with Crippen molar-refractivity contribution in [2.75, 3.05) is 18.8 Å². The van der Waals surface area contributed by atoms with Gasteiger partial charge in [-0.15, -0.1) is 11.8 Å². The van der Waals surface area contributed by atoms with Crippen LogP contribution in [0.2, 0.25) is 5.02 Å². The number of piperidine rings is 1. The SMILES string of the molecule is O=C(O)C1CC12CCN(C(=O)CCSc1ccc(Cl)cc1)CC2. The van der Waals surface area contributed by atoms with E-state index in [1.165, 1.54) is 0 Å². The second-order valence-corrected chi connectivity index (χ2v) is 8.00. The van der Waals surface area contributed by atoms with Crippen LogP contribution in [-0.2, 0) is 9.59 Å². The molecule has 1 saturated carbocycles. The molecule has 6 heteroatoms. The van der Waals surface area contributed by atoms with Crippen LogP contribution in [-0.4, -0.2) is 40.7 Å². The van der Waals surface area contributed by atoms with Gasteiger partial charge in [-0.05, 0) is 48.9 Å². The smallest absolute Gasteiger partial charge is 0.307 e. The van der Waals surface area contributed by atoms with Crippen molar-refractivity contribution in [3.8, 4) is 0 Å². The number of halogens is 1. The first-order valence-electron chi connectivity index (χ1n) is 7.89. The molecular weight excluding hydrogens is 334 g/mol. The van der Waals surface area contributed by atoms with Gasteiger partial charge in [-0.3, -0.25) is 9.59 Å². The molecule has 0 radical (unpaired) electrons. The molecule has 1 unspecified atom stereocenters. The molecule has 1 spiro atoms.